The van der Waals surface area contributed by atoms with E-state index < -0.39 is 0 Å². The smallest absolute Gasteiger partial charge is 0.227 e. The molecule has 2 aromatic rings. The number of ether oxygens (including phenoxy) is 2. The molecule has 2 unspecified atom stereocenters. The first-order chi connectivity index (χ1) is 15.2. The highest BCUT2D eigenvalue weighted by atomic mass is 16.5. The number of para-hydroxylation sites is 2. The lowest BCUT2D eigenvalue weighted by Gasteiger charge is -2.46. The third-order valence-electron chi connectivity index (χ3n) is 6.84. The summed E-state index contributed by atoms with van der Waals surface area (Å²) < 4.78 is 11.2. The zero-order valence-corrected chi connectivity index (χ0v) is 18.3. The van der Waals surface area contributed by atoms with Crippen LogP contribution >= 0.6 is 0 Å². The topological polar surface area (TPSA) is 62.8 Å². The number of hydrogen-bond donors (Lipinski definition) is 2. The van der Waals surface area contributed by atoms with Gasteiger partial charge in [0.1, 0.15) is 0 Å². The van der Waals surface area contributed by atoms with Gasteiger partial charge in [-0.05, 0) is 74.0 Å². The van der Waals surface area contributed by atoms with Crippen LogP contribution in [0.25, 0.3) is 0 Å². The first-order valence-electron chi connectivity index (χ1n) is 11.3. The molecule has 2 aliphatic heterocycles. The second-order valence-corrected chi connectivity index (χ2v) is 8.84. The Morgan fingerprint density at radius 2 is 1.74 bits per heavy atom. The summed E-state index contributed by atoms with van der Waals surface area (Å²) in [4.78, 5) is 15.0. The summed E-state index contributed by atoms with van der Waals surface area (Å²) in [5.41, 5.74) is 4.53. The predicted molar refractivity (Wildman–Crippen MR) is 122 cm³/mol. The zero-order valence-electron chi connectivity index (χ0n) is 18.3. The van der Waals surface area contributed by atoms with Gasteiger partial charge < -0.3 is 20.1 Å². The maximum Gasteiger partial charge on any atom is 0.227 e. The van der Waals surface area contributed by atoms with Crippen molar-refractivity contribution in [2.75, 3.05) is 37.9 Å². The van der Waals surface area contributed by atoms with E-state index in [0.29, 0.717) is 0 Å². The third-order valence-corrected chi connectivity index (χ3v) is 6.84. The minimum atomic E-state index is 0.138. The van der Waals surface area contributed by atoms with Crippen LogP contribution in [0.3, 0.4) is 0 Å². The Kier molecular flexibility index (Phi) is 5.48. The van der Waals surface area contributed by atoms with Crippen LogP contribution in [0.2, 0.25) is 0 Å². The van der Waals surface area contributed by atoms with Crippen molar-refractivity contribution in [3.8, 4) is 11.5 Å². The number of piperidine rings is 1. The highest BCUT2D eigenvalue weighted by molar-refractivity contribution is 5.96. The first-order valence-corrected chi connectivity index (χ1v) is 11.3. The number of carbonyl (C=O) groups is 1. The molecule has 3 aliphatic rings. The Morgan fingerprint density at radius 1 is 1.00 bits per heavy atom. The standard InChI is InChI=1S/C25H31N3O3/c1-30-22-14-17-11-13-28-12-5-8-21(24(28)18(17)15-23(22)31-2)26-19-6-3-4-7-20(19)27-25(29)16-9-10-16/h3-4,6-7,14-16,21,24,26H,5,8-13H2,1-2H3,(H,27,29). The van der Waals surface area contributed by atoms with Gasteiger partial charge in [-0.15, -0.1) is 0 Å². The molecule has 0 bridgehead atoms. The van der Waals surface area contributed by atoms with Crippen molar-refractivity contribution in [1.29, 1.82) is 0 Å². The number of fused-ring (bicyclic) bond motifs is 3. The van der Waals surface area contributed by atoms with Gasteiger partial charge in [0.05, 0.1) is 31.6 Å². The quantitative estimate of drug-likeness (QED) is 0.731. The van der Waals surface area contributed by atoms with Gasteiger partial charge in [0.15, 0.2) is 11.5 Å². The average molecular weight is 422 g/mol. The van der Waals surface area contributed by atoms with Crippen LogP contribution in [-0.4, -0.2) is 44.2 Å². The number of nitrogens with zero attached hydrogens (tertiary/aromatic N) is 1. The molecule has 2 atom stereocenters. The van der Waals surface area contributed by atoms with E-state index in [1.807, 2.05) is 18.2 Å². The van der Waals surface area contributed by atoms with Gasteiger partial charge >= 0.3 is 0 Å². The number of carbonyl (C=O) groups excluding carboxylic acids is 1. The zero-order chi connectivity index (χ0) is 21.4. The minimum Gasteiger partial charge on any atom is -0.493 e. The number of nitrogens with one attached hydrogen (secondary N) is 2. The molecule has 1 aliphatic carbocycles. The normalized spacial score (nSPS) is 22.8. The number of hydrogen-bond acceptors (Lipinski definition) is 5. The van der Waals surface area contributed by atoms with Gasteiger partial charge in [0, 0.05) is 18.5 Å². The molecule has 0 radical (unpaired) electrons. The Balaban J connectivity index is 1.45. The van der Waals surface area contributed by atoms with Crippen LogP contribution in [0.15, 0.2) is 36.4 Å². The monoisotopic (exact) mass is 421 g/mol. The van der Waals surface area contributed by atoms with Crippen LogP contribution in [-0.2, 0) is 11.2 Å². The summed E-state index contributed by atoms with van der Waals surface area (Å²) in [5.74, 6) is 1.90. The minimum absolute atomic E-state index is 0.138. The van der Waals surface area contributed by atoms with E-state index in [2.05, 4.69) is 33.7 Å². The Bertz CT molecular complexity index is 972. The first kappa shape index (κ1) is 20.2. The number of benzene rings is 2. The lowest BCUT2D eigenvalue weighted by Crippen LogP contribution is -2.48. The maximum atomic E-state index is 12.4. The molecule has 2 fully saturated rings. The molecular weight excluding hydrogens is 390 g/mol. The SMILES string of the molecule is COc1cc2c(cc1OC)C1C(Nc3ccccc3NC(=O)C3CC3)CCCN1CC2. The van der Waals surface area contributed by atoms with E-state index >= 15 is 0 Å². The maximum absolute atomic E-state index is 12.4. The highest BCUT2D eigenvalue weighted by Gasteiger charge is 2.37. The van der Waals surface area contributed by atoms with Gasteiger partial charge in [-0.25, -0.2) is 0 Å². The van der Waals surface area contributed by atoms with Gasteiger partial charge in [-0.3, -0.25) is 9.69 Å². The molecule has 1 saturated heterocycles. The van der Waals surface area contributed by atoms with E-state index in [0.717, 1.165) is 68.1 Å². The lowest BCUT2D eigenvalue weighted by molar-refractivity contribution is -0.117. The molecule has 0 aromatic heterocycles. The largest absolute Gasteiger partial charge is 0.493 e. The van der Waals surface area contributed by atoms with Crippen molar-refractivity contribution in [2.45, 2.75) is 44.2 Å². The van der Waals surface area contributed by atoms with Crippen molar-refractivity contribution in [1.82, 2.24) is 4.90 Å². The lowest BCUT2D eigenvalue weighted by atomic mass is 9.83. The van der Waals surface area contributed by atoms with Crippen LogP contribution in [0.4, 0.5) is 11.4 Å². The van der Waals surface area contributed by atoms with Crippen molar-refractivity contribution in [3.05, 3.63) is 47.5 Å². The summed E-state index contributed by atoms with van der Waals surface area (Å²) >= 11 is 0. The Labute approximate surface area is 183 Å². The van der Waals surface area contributed by atoms with Crippen molar-refractivity contribution >= 4 is 17.3 Å². The molecule has 2 aromatic carbocycles. The van der Waals surface area contributed by atoms with Crippen molar-refractivity contribution in [3.63, 3.8) is 0 Å². The summed E-state index contributed by atoms with van der Waals surface area (Å²) in [6, 6.07) is 12.9. The number of anilines is 2. The molecule has 2 heterocycles. The van der Waals surface area contributed by atoms with Gasteiger partial charge in [0.25, 0.3) is 0 Å². The van der Waals surface area contributed by atoms with Crippen LogP contribution in [0, 0.1) is 5.92 Å². The van der Waals surface area contributed by atoms with E-state index in [9.17, 15) is 4.79 Å². The summed E-state index contributed by atoms with van der Waals surface area (Å²) in [7, 11) is 3.39. The number of amides is 1. The second-order valence-electron chi connectivity index (χ2n) is 8.84. The molecule has 1 amide bonds. The van der Waals surface area contributed by atoms with Crippen LogP contribution in [0.5, 0.6) is 11.5 Å². The molecule has 2 N–H and O–H groups in total. The number of rotatable bonds is 6. The molecule has 6 nitrogen and oxygen atoms in total. The molecule has 164 valence electrons. The fraction of sp³-hybridized carbons (Fsp3) is 0.480. The van der Waals surface area contributed by atoms with E-state index in [4.69, 9.17) is 9.47 Å². The third kappa shape index (κ3) is 3.97. The highest BCUT2D eigenvalue weighted by Crippen LogP contribution is 2.43. The number of methoxy groups -OCH3 is 2. The van der Waals surface area contributed by atoms with Crippen molar-refractivity contribution in [2.24, 2.45) is 5.92 Å². The summed E-state index contributed by atoms with van der Waals surface area (Å²) in [6.45, 7) is 2.15. The molecule has 31 heavy (non-hydrogen) atoms. The van der Waals surface area contributed by atoms with Gasteiger partial charge in [-0.1, -0.05) is 12.1 Å². The fourth-order valence-corrected chi connectivity index (χ4v) is 5.07. The second kappa shape index (κ2) is 8.42. The molecule has 5 rings (SSSR count). The van der Waals surface area contributed by atoms with Crippen LogP contribution < -0.4 is 20.1 Å². The summed E-state index contributed by atoms with van der Waals surface area (Å²) in [6.07, 6.45) is 5.27. The fourth-order valence-electron chi connectivity index (χ4n) is 5.07. The van der Waals surface area contributed by atoms with Crippen LogP contribution in [0.1, 0.15) is 42.9 Å². The molecular formula is C25H31N3O3. The van der Waals surface area contributed by atoms with E-state index in [-0.39, 0.29) is 23.9 Å². The molecule has 0 spiro atoms. The van der Waals surface area contributed by atoms with Gasteiger partial charge in [0.2, 0.25) is 5.91 Å². The Morgan fingerprint density at radius 3 is 2.48 bits per heavy atom. The van der Waals surface area contributed by atoms with E-state index in [1.165, 1.54) is 11.1 Å². The Hall–Kier alpha value is -2.73. The predicted octanol–water partition coefficient (Wildman–Crippen LogP) is 4.23. The molecule has 6 heteroatoms. The van der Waals surface area contributed by atoms with Crippen molar-refractivity contribution < 1.29 is 14.3 Å². The molecule has 1 saturated carbocycles. The van der Waals surface area contributed by atoms with E-state index in [1.54, 1.807) is 14.2 Å². The summed E-state index contributed by atoms with van der Waals surface area (Å²) in [5, 5.41) is 6.93. The average Bonchev–Trinajstić information content (AvgIpc) is 3.65. The van der Waals surface area contributed by atoms with Gasteiger partial charge in [-0.2, -0.15) is 0 Å².